The largest absolute Gasteiger partial charge is 0.399 e. The Bertz CT molecular complexity index is 522. The number of rotatable bonds is 2. The van der Waals surface area contributed by atoms with Gasteiger partial charge in [-0.05, 0) is 30.3 Å². The highest BCUT2D eigenvalue weighted by molar-refractivity contribution is 6.31. The second-order valence-corrected chi connectivity index (χ2v) is 3.90. The first-order chi connectivity index (χ1) is 8.15. The maximum absolute atomic E-state index is 11.9. The molecule has 0 aliphatic heterocycles. The highest BCUT2D eigenvalue weighted by Gasteiger charge is 2.07. The SMILES string of the molecule is Nc1cc(Cl)cc(C(=O)Nc2ccncc2)c1. The molecule has 86 valence electrons. The van der Waals surface area contributed by atoms with Gasteiger partial charge in [-0.1, -0.05) is 11.6 Å². The van der Waals surface area contributed by atoms with E-state index in [2.05, 4.69) is 10.3 Å². The van der Waals surface area contributed by atoms with Crippen molar-refractivity contribution in [2.24, 2.45) is 0 Å². The number of anilines is 2. The van der Waals surface area contributed by atoms with Crippen molar-refractivity contribution in [1.82, 2.24) is 4.98 Å². The molecule has 2 aromatic rings. The van der Waals surface area contributed by atoms with E-state index in [0.29, 0.717) is 22.0 Å². The fourth-order valence-corrected chi connectivity index (χ4v) is 1.63. The molecule has 2 rings (SSSR count). The highest BCUT2D eigenvalue weighted by Crippen LogP contribution is 2.17. The Kier molecular flexibility index (Phi) is 3.25. The molecular formula is C12H10ClN3O. The Morgan fingerprint density at radius 1 is 1.24 bits per heavy atom. The summed E-state index contributed by atoms with van der Waals surface area (Å²) in [5.41, 5.74) is 7.16. The number of aromatic nitrogens is 1. The van der Waals surface area contributed by atoms with Gasteiger partial charge in [0.05, 0.1) is 0 Å². The van der Waals surface area contributed by atoms with Gasteiger partial charge in [0.1, 0.15) is 0 Å². The zero-order chi connectivity index (χ0) is 12.3. The Morgan fingerprint density at radius 2 is 1.94 bits per heavy atom. The molecule has 0 radical (unpaired) electrons. The third kappa shape index (κ3) is 2.95. The average molecular weight is 248 g/mol. The second kappa shape index (κ2) is 4.84. The van der Waals surface area contributed by atoms with Crippen LogP contribution in [0.5, 0.6) is 0 Å². The van der Waals surface area contributed by atoms with Gasteiger partial charge in [0, 0.05) is 34.4 Å². The molecule has 0 atom stereocenters. The fraction of sp³-hybridized carbons (Fsp3) is 0. The molecule has 17 heavy (non-hydrogen) atoms. The summed E-state index contributed by atoms with van der Waals surface area (Å²) in [5.74, 6) is -0.259. The number of hydrogen-bond acceptors (Lipinski definition) is 3. The number of hydrogen-bond donors (Lipinski definition) is 2. The van der Waals surface area contributed by atoms with Gasteiger partial charge in [-0.15, -0.1) is 0 Å². The van der Waals surface area contributed by atoms with Crippen LogP contribution in [0, 0.1) is 0 Å². The standard InChI is InChI=1S/C12H10ClN3O/c13-9-5-8(6-10(14)7-9)12(17)16-11-1-3-15-4-2-11/h1-7H,14H2,(H,15,16,17). The first kappa shape index (κ1) is 11.4. The molecule has 1 aromatic heterocycles. The van der Waals surface area contributed by atoms with Crippen LogP contribution in [0.25, 0.3) is 0 Å². The third-order valence-corrected chi connectivity index (χ3v) is 2.34. The Labute approximate surface area is 103 Å². The molecule has 0 aliphatic carbocycles. The summed E-state index contributed by atoms with van der Waals surface area (Å²) in [6.07, 6.45) is 3.20. The Morgan fingerprint density at radius 3 is 2.59 bits per heavy atom. The molecular weight excluding hydrogens is 238 g/mol. The smallest absolute Gasteiger partial charge is 0.255 e. The lowest BCUT2D eigenvalue weighted by Crippen LogP contribution is -2.12. The molecule has 4 nitrogen and oxygen atoms in total. The van der Waals surface area contributed by atoms with Gasteiger partial charge < -0.3 is 11.1 Å². The van der Waals surface area contributed by atoms with Crippen LogP contribution in [-0.2, 0) is 0 Å². The molecule has 0 unspecified atom stereocenters. The summed E-state index contributed by atoms with van der Waals surface area (Å²) in [6, 6.07) is 8.12. The van der Waals surface area contributed by atoms with Gasteiger partial charge in [0.25, 0.3) is 5.91 Å². The maximum Gasteiger partial charge on any atom is 0.255 e. The number of amides is 1. The minimum atomic E-state index is -0.259. The van der Waals surface area contributed by atoms with Crippen molar-refractivity contribution in [3.63, 3.8) is 0 Å². The lowest BCUT2D eigenvalue weighted by Gasteiger charge is -2.06. The fourth-order valence-electron chi connectivity index (χ4n) is 1.38. The van der Waals surface area contributed by atoms with Gasteiger partial charge in [-0.25, -0.2) is 0 Å². The van der Waals surface area contributed by atoms with Gasteiger partial charge in [0.2, 0.25) is 0 Å². The van der Waals surface area contributed by atoms with Crippen molar-refractivity contribution < 1.29 is 4.79 Å². The number of halogens is 1. The van der Waals surface area contributed by atoms with Crippen LogP contribution in [0.1, 0.15) is 10.4 Å². The molecule has 5 heteroatoms. The van der Waals surface area contributed by atoms with E-state index in [1.807, 2.05) is 0 Å². The summed E-state index contributed by atoms with van der Waals surface area (Å²) in [6.45, 7) is 0. The Hall–Kier alpha value is -2.07. The van der Waals surface area contributed by atoms with Gasteiger partial charge in [-0.3, -0.25) is 9.78 Å². The monoisotopic (exact) mass is 247 g/mol. The molecule has 0 bridgehead atoms. The van der Waals surface area contributed by atoms with Crippen molar-refractivity contribution in [2.75, 3.05) is 11.1 Å². The lowest BCUT2D eigenvalue weighted by molar-refractivity contribution is 0.102. The number of carbonyl (C=O) groups excluding carboxylic acids is 1. The number of benzene rings is 1. The van der Waals surface area contributed by atoms with E-state index in [9.17, 15) is 4.79 Å². The summed E-state index contributed by atoms with van der Waals surface area (Å²) >= 11 is 5.83. The van der Waals surface area contributed by atoms with E-state index < -0.39 is 0 Å². The average Bonchev–Trinajstić information content (AvgIpc) is 2.29. The molecule has 1 aromatic carbocycles. The number of carbonyl (C=O) groups is 1. The lowest BCUT2D eigenvalue weighted by atomic mass is 10.2. The zero-order valence-electron chi connectivity index (χ0n) is 8.85. The van der Waals surface area contributed by atoms with Gasteiger partial charge >= 0.3 is 0 Å². The van der Waals surface area contributed by atoms with Crippen molar-refractivity contribution in [1.29, 1.82) is 0 Å². The molecule has 0 fully saturated rings. The van der Waals surface area contributed by atoms with Gasteiger partial charge in [-0.2, -0.15) is 0 Å². The van der Waals surface area contributed by atoms with Crippen LogP contribution in [-0.4, -0.2) is 10.9 Å². The number of nitrogen functional groups attached to an aromatic ring is 1. The number of nitrogens with two attached hydrogens (primary N) is 1. The predicted octanol–water partition coefficient (Wildman–Crippen LogP) is 2.57. The van der Waals surface area contributed by atoms with Crippen LogP contribution in [0.3, 0.4) is 0 Å². The van der Waals surface area contributed by atoms with Crippen molar-refractivity contribution in [3.8, 4) is 0 Å². The highest BCUT2D eigenvalue weighted by atomic mass is 35.5. The zero-order valence-corrected chi connectivity index (χ0v) is 9.61. The summed E-state index contributed by atoms with van der Waals surface area (Å²) in [5, 5.41) is 3.15. The van der Waals surface area contributed by atoms with Crippen molar-refractivity contribution in [2.45, 2.75) is 0 Å². The topological polar surface area (TPSA) is 68.0 Å². The van der Waals surface area contributed by atoms with Crippen molar-refractivity contribution in [3.05, 3.63) is 53.3 Å². The maximum atomic E-state index is 11.9. The van der Waals surface area contributed by atoms with Gasteiger partial charge in [0.15, 0.2) is 0 Å². The van der Waals surface area contributed by atoms with E-state index in [-0.39, 0.29) is 5.91 Å². The number of pyridine rings is 1. The second-order valence-electron chi connectivity index (χ2n) is 3.46. The summed E-state index contributed by atoms with van der Waals surface area (Å²) in [4.78, 5) is 15.7. The van der Waals surface area contributed by atoms with Crippen LogP contribution in [0.15, 0.2) is 42.7 Å². The minimum Gasteiger partial charge on any atom is -0.399 e. The Balaban J connectivity index is 2.20. The summed E-state index contributed by atoms with van der Waals surface area (Å²) < 4.78 is 0. The number of nitrogens with zero attached hydrogens (tertiary/aromatic N) is 1. The first-order valence-corrected chi connectivity index (χ1v) is 5.30. The predicted molar refractivity (Wildman–Crippen MR) is 68.1 cm³/mol. The van der Waals surface area contributed by atoms with Crippen LogP contribution >= 0.6 is 11.6 Å². The molecule has 0 saturated heterocycles. The third-order valence-electron chi connectivity index (χ3n) is 2.12. The molecule has 1 heterocycles. The van der Waals surface area contributed by atoms with Crippen LogP contribution < -0.4 is 11.1 Å². The normalized spacial score (nSPS) is 9.94. The quantitative estimate of drug-likeness (QED) is 0.802. The molecule has 3 N–H and O–H groups in total. The van der Waals surface area contributed by atoms with E-state index in [4.69, 9.17) is 17.3 Å². The molecule has 1 amide bonds. The first-order valence-electron chi connectivity index (χ1n) is 4.92. The van der Waals surface area contributed by atoms with Crippen LogP contribution in [0.4, 0.5) is 11.4 Å². The molecule has 0 spiro atoms. The van der Waals surface area contributed by atoms with E-state index in [0.717, 1.165) is 0 Å². The summed E-state index contributed by atoms with van der Waals surface area (Å²) in [7, 11) is 0. The molecule has 0 aliphatic rings. The van der Waals surface area contributed by atoms with E-state index in [1.165, 1.54) is 0 Å². The van der Waals surface area contributed by atoms with Crippen LogP contribution in [0.2, 0.25) is 5.02 Å². The molecule has 0 saturated carbocycles. The van der Waals surface area contributed by atoms with E-state index in [1.54, 1.807) is 42.7 Å². The minimum absolute atomic E-state index is 0.259. The van der Waals surface area contributed by atoms with Crippen molar-refractivity contribution >= 4 is 28.9 Å². The van der Waals surface area contributed by atoms with E-state index >= 15 is 0 Å². The number of nitrogens with one attached hydrogen (secondary N) is 1.